The molecular formula is C24H31FN2. The van der Waals surface area contributed by atoms with Crippen molar-refractivity contribution in [1.29, 1.82) is 0 Å². The van der Waals surface area contributed by atoms with E-state index in [0.29, 0.717) is 0 Å². The summed E-state index contributed by atoms with van der Waals surface area (Å²) in [5.74, 6) is 7.53. The monoisotopic (exact) mass is 366 g/mol. The summed E-state index contributed by atoms with van der Waals surface area (Å²) in [4.78, 5) is 7.33. The number of aromatic nitrogens is 1. The fourth-order valence-corrected chi connectivity index (χ4v) is 3.12. The molecule has 0 radical (unpaired) electrons. The molecule has 3 heteroatoms. The smallest absolute Gasteiger partial charge is 0.145 e. The number of pyridine rings is 1. The van der Waals surface area contributed by atoms with Crippen LogP contribution in [0.15, 0.2) is 30.3 Å². The van der Waals surface area contributed by atoms with Gasteiger partial charge in [0.05, 0.1) is 5.56 Å². The minimum Gasteiger partial charge on any atom is -0.356 e. The SMILES string of the molecule is CCC#Cc1c(-c2cccc(F)c2)cc(C(C)C)nc1N(CCC)CCC. The molecule has 1 heterocycles. The second-order valence-corrected chi connectivity index (χ2v) is 7.10. The van der Waals surface area contributed by atoms with Gasteiger partial charge in [0.2, 0.25) is 0 Å². The molecular weight excluding hydrogens is 335 g/mol. The van der Waals surface area contributed by atoms with Crippen LogP contribution in [-0.2, 0) is 0 Å². The normalized spacial score (nSPS) is 10.6. The summed E-state index contributed by atoms with van der Waals surface area (Å²) in [7, 11) is 0. The Balaban J connectivity index is 2.79. The fraction of sp³-hybridized carbons (Fsp3) is 0.458. The number of nitrogens with zero attached hydrogens (tertiary/aromatic N) is 2. The number of halogens is 1. The Kier molecular flexibility index (Phi) is 7.85. The second-order valence-electron chi connectivity index (χ2n) is 7.10. The Morgan fingerprint density at radius 1 is 1.07 bits per heavy atom. The fourth-order valence-electron chi connectivity index (χ4n) is 3.12. The minimum atomic E-state index is -0.231. The lowest BCUT2D eigenvalue weighted by molar-refractivity contribution is 0.628. The highest BCUT2D eigenvalue weighted by atomic mass is 19.1. The maximum Gasteiger partial charge on any atom is 0.145 e. The third kappa shape index (κ3) is 5.32. The molecule has 27 heavy (non-hydrogen) atoms. The lowest BCUT2D eigenvalue weighted by Crippen LogP contribution is -2.27. The van der Waals surface area contributed by atoms with E-state index in [9.17, 15) is 4.39 Å². The van der Waals surface area contributed by atoms with Gasteiger partial charge in [-0.05, 0) is 42.5 Å². The zero-order chi connectivity index (χ0) is 19.8. The molecule has 2 nitrogen and oxygen atoms in total. The van der Waals surface area contributed by atoms with Crippen LogP contribution in [0, 0.1) is 17.7 Å². The van der Waals surface area contributed by atoms with Crippen LogP contribution < -0.4 is 4.90 Å². The number of anilines is 1. The summed E-state index contributed by atoms with van der Waals surface area (Å²) in [6, 6.07) is 8.86. The number of rotatable bonds is 7. The van der Waals surface area contributed by atoms with Gasteiger partial charge in [-0.25, -0.2) is 9.37 Å². The Hall–Kier alpha value is -2.34. The van der Waals surface area contributed by atoms with Gasteiger partial charge in [0, 0.05) is 30.8 Å². The maximum absolute atomic E-state index is 13.9. The van der Waals surface area contributed by atoms with Gasteiger partial charge in [-0.15, -0.1) is 0 Å². The molecule has 144 valence electrons. The van der Waals surface area contributed by atoms with Crippen molar-refractivity contribution in [2.45, 2.75) is 59.8 Å². The van der Waals surface area contributed by atoms with Gasteiger partial charge in [0.1, 0.15) is 11.6 Å². The first kappa shape index (κ1) is 21.0. The van der Waals surface area contributed by atoms with Crippen LogP contribution in [0.25, 0.3) is 11.1 Å². The third-order valence-electron chi connectivity index (χ3n) is 4.42. The minimum absolute atomic E-state index is 0.231. The van der Waals surface area contributed by atoms with E-state index < -0.39 is 0 Å². The first-order valence-electron chi connectivity index (χ1n) is 10.1. The van der Waals surface area contributed by atoms with E-state index in [1.165, 1.54) is 6.07 Å². The van der Waals surface area contributed by atoms with Crippen LogP contribution in [0.4, 0.5) is 10.2 Å². The third-order valence-corrected chi connectivity index (χ3v) is 4.42. The van der Waals surface area contributed by atoms with Crippen LogP contribution in [-0.4, -0.2) is 18.1 Å². The Labute approximate surface area is 163 Å². The van der Waals surface area contributed by atoms with Gasteiger partial charge in [0.25, 0.3) is 0 Å². The predicted octanol–water partition coefficient (Wildman–Crippen LogP) is 6.40. The van der Waals surface area contributed by atoms with Crippen LogP contribution >= 0.6 is 0 Å². The molecule has 0 fully saturated rings. The number of hydrogen-bond acceptors (Lipinski definition) is 2. The standard InChI is InChI=1S/C24H31FN2/c1-6-9-13-21-22(19-11-10-12-20(25)16-19)17-23(18(4)5)26-24(21)27(14-7-2)15-8-3/h10-12,16-18H,6-8,14-15H2,1-5H3. The molecule has 0 unspecified atom stereocenters. The highest BCUT2D eigenvalue weighted by molar-refractivity contribution is 5.78. The summed E-state index contributed by atoms with van der Waals surface area (Å²) >= 11 is 0. The molecule has 0 atom stereocenters. The summed E-state index contributed by atoms with van der Waals surface area (Å²) in [6.07, 6.45) is 2.86. The van der Waals surface area contributed by atoms with Gasteiger partial charge < -0.3 is 4.90 Å². The van der Waals surface area contributed by atoms with E-state index in [0.717, 1.165) is 60.6 Å². The maximum atomic E-state index is 13.9. The Bertz CT molecular complexity index is 809. The average Bonchev–Trinajstić information content (AvgIpc) is 2.65. The van der Waals surface area contributed by atoms with E-state index in [1.807, 2.05) is 13.0 Å². The van der Waals surface area contributed by atoms with Gasteiger partial charge in [0.15, 0.2) is 0 Å². The second kappa shape index (κ2) is 10.1. The number of benzene rings is 1. The van der Waals surface area contributed by atoms with Crippen molar-refractivity contribution in [2.24, 2.45) is 0 Å². The zero-order valence-corrected chi connectivity index (χ0v) is 17.3. The zero-order valence-electron chi connectivity index (χ0n) is 17.3. The van der Waals surface area contributed by atoms with Crippen LogP contribution in [0.5, 0.6) is 0 Å². The summed E-state index contributed by atoms with van der Waals surface area (Å²) in [5, 5.41) is 0. The summed E-state index contributed by atoms with van der Waals surface area (Å²) in [5.41, 5.74) is 3.76. The molecule has 0 N–H and O–H groups in total. The summed E-state index contributed by atoms with van der Waals surface area (Å²) < 4.78 is 13.9. The molecule has 0 saturated carbocycles. The molecule has 0 bridgehead atoms. The molecule has 0 saturated heterocycles. The van der Waals surface area contributed by atoms with Crippen molar-refractivity contribution in [1.82, 2.24) is 4.98 Å². The van der Waals surface area contributed by atoms with Crippen LogP contribution in [0.3, 0.4) is 0 Å². The van der Waals surface area contributed by atoms with E-state index in [2.05, 4.69) is 50.5 Å². The average molecular weight is 367 g/mol. The first-order valence-corrected chi connectivity index (χ1v) is 10.1. The molecule has 0 aliphatic rings. The molecule has 0 aliphatic carbocycles. The van der Waals surface area contributed by atoms with Crippen LogP contribution in [0.2, 0.25) is 0 Å². The lowest BCUT2D eigenvalue weighted by atomic mass is 9.96. The lowest BCUT2D eigenvalue weighted by Gasteiger charge is -2.26. The Morgan fingerprint density at radius 3 is 2.33 bits per heavy atom. The molecule has 2 rings (SSSR count). The summed E-state index contributed by atoms with van der Waals surface area (Å²) in [6.45, 7) is 12.6. The van der Waals surface area contributed by atoms with E-state index in [-0.39, 0.29) is 11.7 Å². The molecule has 0 aliphatic heterocycles. The van der Waals surface area contributed by atoms with E-state index in [1.54, 1.807) is 12.1 Å². The van der Waals surface area contributed by atoms with Gasteiger partial charge in [-0.3, -0.25) is 0 Å². The van der Waals surface area contributed by atoms with Crippen molar-refractivity contribution in [2.75, 3.05) is 18.0 Å². The topological polar surface area (TPSA) is 16.1 Å². The Morgan fingerprint density at radius 2 is 1.78 bits per heavy atom. The van der Waals surface area contributed by atoms with E-state index >= 15 is 0 Å². The molecule has 2 aromatic rings. The van der Waals surface area contributed by atoms with Gasteiger partial charge in [-0.1, -0.05) is 58.6 Å². The predicted molar refractivity (Wildman–Crippen MR) is 114 cm³/mol. The van der Waals surface area contributed by atoms with Crippen molar-refractivity contribution in [3.63, 3.8) is 0 Å². The van der Waals surface area contributed by atoms with E-state index in [4.69, 9.17) is 4.98 Å². The van der Waals surface area contributed by atoms with Crippen molar-refractivity contribution in [3.8, 4) is 23.0 Å². The molecule has 0 amide bonds. The van der Waals surface area contributed by atoms with Gasteiger partial charge in [-0.2, -0.15) is 0 Å². The number of hydrogen-bond donors (Lipinski definition) is 0. The molecule has 0 spiro atoms. The highest BCUT2D eigenvalue weighted by Gasteiger charge is 2.19. The molecule has 1 aromatic heterocycles. The highest BCUT2D eigenvalue weighted by Crippen LogP contribution is 2.33. The van der Waals surface area contributed by atoms with Crippen molar-refractivity contribution < 1.29 is 4.39 Å². The van der Waals surface area contributed by atoms with Gasteiger partial charge >= 0.3 is 0 Å². The largest absolute Gasteiger partial charge is 0.356 e. The van der Waals surface area contributed by atoms with Crippen molar-refractivity contribution in [3.05, 3.63) is 47.4 Å². The molecule has 1 aromatic carbocycles. The van der Waals surface area contributed by atoms with Crippen LogP contribution in [0.1, 0.15) is 71.1 Å². The first-order chi connectivity index (χ1) is 13.0. The van der Waals surface area contributed by atoms with Crippen molar-refractivity contribution >= 4 is 5.82 Å². The quantitative estimate of drug-likeness (QED) is 0.527.